The molecular weight excluding hydrogens is 1220 g/mol. The summed E-state index contributed by atoms with van der Waals surface area (Å²) in [4.78, 5) is 19.2. The molecule has 0 radical (unpaired) electrons. The van der Waals surface area contributed by atoms with E-state index in [1.54, 1.807) is 325 Å². The Bertz CT molecular complexity index is 7670. The highest BCUT2D eigenvalue weighted by atomic mass is 19.4. The summed E-state index contributed by atoms with van der Waals surface area (Å²) >= 11 is 0. The molecule has 95 heavy (non-hydrogen) atoms. The van der Waals surface area contributed by atoms with Crippen LogP contribution in [-0.2, 0) is 44.1 Å². The van der Waals surface area contributed by atoms with Crippen LogP contribution in [0.2, 0.25) is 0 Å². The predicted octanol–water partition coefficient (Wildman–Crippen LogP) is 12.1. The first-order chi connectivity index (χ1) is 46.2. The lowest BCUT2D eigenvalue weighted by Crippen LogP contribution is -3.16. The number of carboxylic acid groups (broad SMARTS) is 2. The van der Waals surface area contributed by atoms with Gasteiger partial charge in [0.05, 0.1) is 83.4 Å². The molecule has 28 aromatic rings. The molecular formula is C78H32F6N2O9. The van der Waals surface area contributed by atoms with Crippen molar-refractivity contribution < 1.29 is 80.5 Å². The Morgan fingerprint density at radius 2 is 0.568 bits per heavy atom. The van der Waals surface area contributed by atoms with Gasteiger partial charge >= 0.3 is 12.4 Å². The number of carbonyl (C=O) groups excluding carboxylic acids is 2. The summed E-state index contributed by atoms with van der Waals surface area (Å²) in [6.45, 7) is 8.25. The quantitative estimate of drug-likeness (QED) is 0.0546. The number of ether oxygens (including phenoxy) is 5. The van der Waals surface area contributed by atoms with Gasteiger partial charge in [-0.15, -0.1) is 0 Å². The van der Waals surface area contributed by atoms with Gasteiger partial charge in [-0.05, 0) is 313 Å². The highest BCUT2D eigenvalue weighted by Crippen LogP contribution is 2.85. The number of alkyl halides is 6. The largest absolute Gasteiger partial charge is 0.542 e. The van der Waals surface area contributed by atoms with Gasteiger partial charge in [0.1, 0.15) is 24.5 Å². The van der Waals surface area contributed by atoms with Crippen molar-refractivity contribution in [3.05, 3.63) is 22.3 Å². The third-order valence-electron chi connectivity index (χ3n) is 27.9. The molecule has 1 saturated heterocycles. The van der Waals surface area contributed by atoms with Crippen LogP contribution in [0, 0.1) is 0 Å². The Hall–Kier alpha value is -9.30. The number of carboxylic acids is 2. The van der Waals surface area contributed by atoms with Gasteiger partial charge < -0.3 is 54.1 Å². The highest BCUT2D eigenvalue weighted by Gasteiger charge is 2.78. The standard InChI is InChI=1S/C74H30N2O5.2C2HF3O2/c1-77-6-7-80-10-11-81-12-14-74-71-65-59-49-37-29-21-17-15-16-19-23(21)31(37)41-35-27(19)28-20(16)24-22-18(15)26-25(17)33-39(29)47-53-43(33)44-34(26)40-30(22)38-32(24)42-36(28)46-45(35)57(51(41)59)67(71)68-58(46)52(42)60-50(38)56-48(40)54(44)62-61(53)69(63(65)55(47)49)73(74,70(62)64(56)66(60)72(68)74)13-76(14)3-5-79-9-8-78-4-2-75;2*3-2(4,5)1(6)7/h14H,2-13,75H2,1H3;2*(H,6,7). The third kappa shape index (κ3) is 3.47. The van der Waals surface area contributed by atoms with Crippen molar-refractivity contribution in [1.29, 1.82) is 0 Å². The lowest BCUT2D eigenvalue weighted by Gasteiger charge is -2.49. The fraction of sp³-hybridized carbons (Fsp3) is 0.231. The van der Waals surface area contributed by atoms with Gasteiger partial charge in [0, 0.05) is 7.11 Å². The summed E-state index contributed by atoms with van der Waals surface area (Å²) in [6, 6.07) is 0.123. The fourth-order valence-electron chi connectivity index (χ4n) is 26.9. The van der Waals surface area contributed by atoms with E-state index in [4.69, 9.17) is 43.5 Å². The Balaban J connectivity index is 0.000000325. The number of likely N-dealkylation sites (tertiary alicyclic amines) is 1. The van der Waals surface area contributed by atoms with Gasteiger partial charge in [-0.3, -0.25) is 0 Å². The molecule has 1 fully saturated rings. The van der Waals surface area contributed by atoms with E-state index in [9.17, 15) is 26.3 Å². The molecule has 4 N–H and O–H groups in total. The summed E-state index contributed by atoms with van der Waals surface area (Å²) in [5.41, 5.74) is 10.2. The second-order valence-electron chi connectivity index (χ2n) is 29.9. The summed E-state index contributed by atoms with van der Waals surface area (Å²) < 4.78 is 94.9. The Morgan fingerprint density at radius 3 is 0.811 bits per heavy atom. The number of hydrogen-bond donors (Lipinski definition) is 2. The van der Waals surface area contributed by atoms with Crippen LogP contribution in [0.15, 0.2) is 0 Å². The molecule has 450 valence electrons. The molecule has 11 nitrogen and oxygen atoms in total. The molecule has 4 aliphatic carbocycles. The third-order valence-corrected chi connectivity index (χ3v) is 27.9. The van der Waals surface area contributed by atoms with E-state index in [0.29, 0.717) is 59.5 Å². The number of rotatable bonds is 16. The number of hydrogen-bond acceptors (Lipinski definition) is 9. The van der Waals surface area contributed by atoms with Crippen molar-refractivity contribution >= 4 is 303 Å². The zero-order chi connectivity index (χ0) is 61.8. The van der Waals surface area contributed by atoms with Crippen LogP contribution in [-0.4, -0.2) is 117 Å². The number of nitrogens with one attached hydrogen (secondary N) is 1. The van der Waals surface area contributed by atoms with E-state index in [2.05, 4.69) is 5.73 Å². The average molecular weight is 1260 g/mol. The molecule has 0 saturated carbocycles. The second kappa shape index (κ2) is 12.5. The van der Waals surface area contributed by atoms with Gasteiger partial charge in [-0.25, -0.2) is 0 Å². The van der Waals surface area contributed by atoms with E-state index in [-0.39, 0.29) is 16.9 Å². The Kier molecular flexibility index (Phi) is 6.16. The van der Waals surface area contributed by atoms with E-state index in [1.807, 2.05) is 0 Å². The fourth-order valence-corrected chi connectivity index (χ4v) is 26.9. The molecule has 5 aliphatic rings. The van der Waals surface area contributed by atoms with E-state index in [0.717, 1.165) is 19.6 Å². The molecule has 1 heterocycles. The lowest BCUT2D eigenvalue weighted by molar-refractivity contribution is -0.916. The number of quaternary nitrogens is 2. The van der Waals surface area contributed by atoms with E-state index < -0.39 is 24.3 Å². The normalized spacial score (nSPS) is 21.3. The number of halogens is 6. The number of methoxy groups -OCH3 is 1. The zero-order valence-electron chi connectivity index (χ0n) is 49.2. The van der Waals surface area contributed by atoms with Crippen LogP contribution >= 0.6 is 0 Å². The summed E-state index contributed by atoms with van der Waals surface area (Å²) in [7, 11) is 1.76. The Labute approximate surface area is 518 Å². The summed E-state index contributed by atoms with van der Waals surface area (Å²) in [5, 5.41) is 106. The monoisotopic (exact) mass is 1250 g/mol. The van der Waals surface area contributed by atoms with Crippen molar-refractivity contribution in [2.45, 2.75) is 29.2 Å². The van der Waals surface area contributed by atoms with Gasteiger partial charge in [-0.2, -0.15) is 26.3 Å². The smallest absolute Gasteiger partial charge is 0.430 e. The van der Waals surface area contributed by atoms with Crippen molar-refractivity contribution in [3.8, 4) is 0 Å². The maximum atomic E-state index is 10.5. The summed E-state index contributed by atoms with van der Waals surface area (Å²) in [6.07, 6.45) is -10.4. The zero-order valence-corrected chi connectivity index (χ0v) is 49.2. The molecule has 33 rings (SSSR count). The molecule has 2 atom stereocenters. The van der Waals surface area contributed by atoms with E-state index >= 15 is 0 Å². The van der Waals surface area contributed by atoms with Crippen LogP contribution in [0.25, 0.3) is 291 Å². The first-order valence-corrected chi connectivity index (χ1v) is 33.0. The topological polar surface area (TPSA) is 158 Å². The van der Waals surface area contributed by atoms with Crippen molar-refractivity contribution in [2.75, 3.05) is 86.2 Å². The van der Waals surface area contributed by atoms with Crippen LogP contribution in [0.1, 0.15) is 22.3 Å². The minimum Gasteiger partial charge on any atom is -0.542 e. The maximum absolute atomic E-state index is 10.5. The van der Waals surface area contributed by atoms with Gasteiger partial charge in [-0.1, -0.05) is 0 Å². The lowest BCUT2D eigenvalue weighted by atomic mass is 9.48. The summed E-state index contributed by atoms with van der Waals surface area (Å²) in [5.74, 6) is -6.01. The Morgan fingerprint density at radius 1 is 0.358 bits per heavy atom. The first kappa shape index (κ1) is 46.7. The molecule has 1 aliphatic heterocycles. The van der Waals surface area contributed by atoms with Crippen molar-refractivity contribution in [2.24, 2.45) is 0 Å². The van der Waals surface area contributed by atoms with Gasteiger partial charge in [0.2, 0.25) is 0 Å². The number of benzene rings is 18. The molecule has 0 bridgehead atoms. The molecule has 0 aromatic heterocycles. The molecule has 17 heteroatoms. The van der Waals surface area contributed by atoms with Crippen LogP contribution in [0.5, 0.6) is 0 Å². The molecule has 2 spiro atoms. The van der Waals surface area contributed by atoms with E-state index in [1.165, 1.54) is 0 Å². The van der Waals surface area contributed by atoms with Crippen molar-refractivity contribution in [3.63, 3.8) is 0 Å². The minimum absolute atomic E-state index is 0.123. The number of aliphatic carboxylic acids is 2. The minimum atomic E-state index is -5.19. The van der Waals surface area contributed by atoms with Gasteiger partial charge in [0.25, 0.3) is 0 Å². The SMILES string of the molecule is COCCOCCOCC1[NH+](CCOCCOCC[NH3+])CC23c4c5c6c7c8c9c(c%10c%11c2c2c4c4c%12c5c5c6c6c8c8c%13c9c9c%10c%10c%11c%11c2c2c4c4c%12c%12c5c5c6c8c6c8c%13c9c9c%10c%10c%11c2c2c4c4c%12c5c6c5c8c9c%10c2c45)C713.O=C([O-])C(F)(F)F.O=C([O-])C(F)(F)F. The highest BCUT2D eigenvalue weighted by molar-refractivity contribution is 6.82. The molecule has 2 unspecified atom stereocenters. The van der Waals surface area contributed by atoms with Crippen LogP contribution in [0.4, 0.5) is 26.3 Å². The number of carbonyl (C=O) groups is 2. The van der Waals surface area contributed by atoms with Crippen molar-refractivity contribution in [1.82, 2.24) is 0 Å². The first-order valence-electron chi connectivity index (χ1n) is 33.0. The van der Waals surface area contributed by atoms with Crippen LogP contribution in [0.3, 0.4) is 0 Å². The second-order valence-corrected chi connectivity index (χ2v) is 29.9. The maximum Gasteiger partial charge on any atom is 0.430 e. The molecule has 28 aromatic carbocycles. The molecule has 0 amide bonds. The van der Waals surface area contributed by atoms with Gasteiger partial charge in [0.15, 0.2) is 0 Å². The average Bonchev–Trinajstić information content (AvgIpc) is 1.38. The van der Waals surface area contributed by atoms with Crippen LogP contribution < -0.4 is 20.8 Å². The predicted molar refractivity (Wildman–Crippen MR) is 353 cm³/mol.